The Morgan fingerprint density at radius 2 is 0.652 bits per heavy atom. The first kappa shape index (κ1) is 56.6. The molecular weight excluding hydrogens is 1120 g/mol. The van der Waals surface area contributed by atoms with E-state index >= 15 is 0 Å². The van der Waals surface area contributed by atoms with Crippen molar-refractivity contribution in [3.05, 3.63) is 344 Å². The number of hydrogen-bond donors (Lipinski definition) is 0. The largest absolute Gasteiger partial charge is 0.309 e. The van der Waals surface area contributed by atoms with E-state index in [1.165, 1.54) is 132 Å². The number of fused-ring (bicyclic) bond motifs is 12. The summed E-state index contributed by atoms with van der Waals surface area (Å²) in [7, 11) is 0. The molecule has 11 aromatic carbocycles. The van der Waals surface area contributed by atoms with Crippen LogP contribution in [-0.2, 0) is 0 Å². The quantitative estimate of drug-likeness (QED) is 0.167. The predicted molar refractivity (Wildman–Crippen MR) is 386 cm³/mol. The third-order valence-electron chi connectivity index (χ3n) is 17.4. The first-order valence-electron chi connectivity index (χ1n) is 31.3. The van der Waals surface area contributed by atoms with Crippen molar-refractivity contribution in [2.45, 2.75) is 27.7 Å². The number of rotatable bonds is 6. The molecule has 0 radical (unpaired) electrons. The summed E-state index contributed by atoms with van der Waals surface area (Å²) >= 11 is 0. The molecule has 7 nitrogen and oxygen atoms in total. The second kappa shape index (κ2) is 24.6. The lowest BCUT2D eigenvalue weighted by molar-refractivity contribution is 1.08. The topological polar surface area (TPSA) is 58.4 Å². The van der Waals surface area contributed by atoms with Crippen molar-refractivity contribution in [1.82, 2.24) is 33.2 Å². The Hall–Kier alpha value is -11.9. The van der Waals surface area contributed by atoms with Crippen LogP contribution in [0.1, 0.15) is 22.3 Å². The second-order valence-corrected chi connectivity index (χ2v) is 23.6. The van der Waals surface area contributed by atoms with Gasteiger partial charge in [-0.1, -0.05) is 188 Å². The van der Waals surface area contributed by atoms with Crippen molar-refractivity contribution in [3.8, 4) is 45.1 Å². The van der Waals surface area contributed by atoms with E-state index in [0.29, 0.717) is 0 Å². The highest BCUT2D eigenvalue weighted by Crippen LogP contribution is 2.41. The summed E-state index contributed by atoms with van der Waals surface area (Å²) in [5, 5.41) is 9.98. The fourth-order valence-corrected chi connectivity index (χ4v) is 13.3. The minimum Gasteiger partial charge on any atom is -0.309 e. The summed E-state index contributed by atoms with van der Waals surface area (Å²) < 4.78 is 9.29. The molecule has 18 aromatic rings. The zero-order chi connectivity index (χ0) is 62.1. The van der Waals surface area contributed by atoms with Crippen LogP contribution in [0, 0.1) is 27.7 Å². The van der Waals surface area contributed by atoms with Gasteiger partial charge in [-0.3, -0.25) is 14.5 Å². The molecule has 7 heterocycles. The summed E-state index contributed by atoms with van der Waals surface area (Å²) in [4.78, 5) is 13.0. The van der Waals surface area contributed by atoms with Crippen molar-refractivity contribution in [2.75, 3.05) is 0 Å². The molecular formula is C85H65N7. The number of nitrogens with zero attached hydrogens (tertiary/aromatic N) is 7. The van der Waals surface area contributed by atoms with Gasteiger partial charge in [0.05, 0.1) is 44.1 Å². The number of hydrogen-bond acceptors (Lipinski definition) is 3. The van der Waals surface area contributed by atoms with Gasteiger partial charge in [0, 0.05) is 91.1 Å². The third kappa shape index (κ3) is 10.7. The molecule has 0 unspecified atom stereocenters. The minimum atomic E-state index is 0.933. The van der Waals surface area contributed by atoms with Crippen LogP contribution in [0.5, 0.6) is 0 Å². The lowest BCUT2D eigenvalue weighted by Crippen LogP contribution is -1.96. The lowest BCUT2D eigenvalue weighted by atomic mass is 9.97. The number of aryl methyl sites for hydroxylation is 4. The average Bonchev–Trinajstić information content (AvgIpc) is 1.57. The maximum Gasteiger partial charge on any atom is 0.137 e. The van der Waals surface area contributed by atoms with Gasteiger partial charge in [-0.2, -0.15) is 0 Å². The summed E-state index contributed by atoms with van der Waals surface area (Å²) in [5.74, 6) is 0.933. The maximum absolute atomic E-state index is 4.49. The van der Waals surface area contributed by atoms with E-state index in [4.69, 9.17) is 0 Å². The highest BCUT2D eigenvalue weighted by Gasteiger charge is 2.19. The van der Waals surface area contributed by atoms with Gasteiger partial charge in [0.25, 0.3) is 0 Å². The highest BCUT2D eigenvalue weighted by molar-refractivity contribution is 6.19. The lowest BCUT2D eigenvalue weighted by Gasteiger charge is -2.10. The van der Waals surface area contributed by atoms with E-state index in [1.54, 1.807) is 0 Å². The smallest absolute Gasteiger partial charge is 0.137 e. The van der Waals surface area contributed by atoms with Crippen LogP contribution < -0.4 is 0 Å². The van der Waals surface area contributed by atoms with Crippen LogP contribution in [0.3, 0.4) is 0 Å². The molecule has 0 aliphatic rings. The Morgan fingerprint density at radius 1 is 0.217 bits per heavy atom. The average molecular weight is 1180 g/mol. The predicted octanol–water partition coefficient (Wildman–Crippen LogP) is 21.9. The van der Waals surface area contributed by atoms with Gasteiger partial charge in [0.15, 0.2) is 0 Å². The van der Waals surface area contributed by atoms with E-state index in [0.717, 1.165) is 22.2 Å². The van der Waals surface area contributed by atoms with E-state index in [9.17, 15) is 0 Å². The molecule has 0 bridgehead atoms. The Morgan fingerprint density at radius 3 is 1.25 bits per heavy atom. The van der Waals surface area contributed by atoms with Crippen molar-refractivity contribution < 1.29 is 0 Å². The van der Waals surface area contributed by atoms with Gasteiger partial charge in [0.2, 0.25) is 0 Å². The van der Waals surface area contributed by atoms with Crippen molar-refractivity contribution in [3.63, 3.8) is 0 Å². The van der Waals surface area contributed by atoms with Crippen LogP contribution in [0.4, 0.5) is 0 Å². The molecule has 7 aromatic heterocycles. The summed E-state index contributed by atoms with van der Waals surface area (Å²) in [5.41, 5.74) is 23.4. The zero-order valence-corrected chi connectivity index (χ0v) is 51.7. The minimum absolute atomic E-state index is 0.933. The van der Waals surface area contributed by atoms with Crippen LogP contribution >= 0.6 is 0 Å². The van der Waals surface area contributed by atoms with Gasteiger partial charge in [-0.05, 0) is 176 Å². The molecule has 18 rings (SSSR count). The fraction of sp³-hybridized carbons (Fsp3) is 0.0471. The van der Waals surface area contributed by atoms with Gasteiger partial charge in [-0.25, -0.2) is 4.98 Å². The standard InChI is InChI=1S/C31H22N2.C19H16.C18H14N2.C17H13N3/c1-21-16-17-25-27-19-26-24-14-8-9-15-28(24)32(22-10-4-2-5-11-22)30(26)20-31(27)33(29(25)18-21)23-12-6-3-7-13-23;1-15-12-18(16-8-4-2-5-9-16)14-19(13-15)17-10-6-3-7-11-17;1-13-5-4-6-14(11-13)20-17-8-3-2-7-15(17)16-12-19-10-9-18(16)20;1-12-5-6-15-13(10-12)14-11-18-9-7-16(14)20(15)17-4-2-3-8-19-17/h2-20H,1H3;2-14H,1H3;2-12H,1H3;2-11H,1H3. The molecule has 0 saturated heterocycles. The maximum atomic E-state index is 4.49. The molecule has 0 spiro atoms. The normalized spacial score (nSPS) is 11.3. The van der Waals surface area contributed by atoms with Crippen molar-refractivity contribution in [1.29, 1.82) is 0 Å². The molecule has 440 valence electrons. The van der Waals surface area contributed by atoms with Gasteiger partial charge in [-0.15, -0.1) is 0 Å². The van der Waals surface area contributed by atoms with E-state index in [-0.39, 0.29) is 0 Å². The van der Waals surface area contributed by atoms with E-state index < -0.39 is 0 Å². The molecule has 7 heteroatoms. The Kier molecular flexibility index (Phi) is 15.1. The second-order valence-electron chi connectivity index (χ2n) is 23.6. The van der Waals surface area contributed by atoms with Crippen molar-refractivity contribution in [2.24, 2.45) is 0 Å². The monoisotopic (exact) mass is 1180 g/mol. The Labute approximate surface area is 534 Å². The zero-order valence-electron chi connectivity index (χ0n) is 51.7. The molecule has 0 saturated carbocycles. The van der Waals surface area contributed by atoms with Crippen molar-refractivity contribution >= 4 is 87.2 Å². The summed E-state index contributed by atoms with van der Waals surface area (Å²) in [6.45, 7) is 8.55. The van der Waals surface area contributed by atoms with Crippen LogP contribution in [0.2, 0.25) is 0 Å². The van der Waals surface area contributed by atoms with E-state index in [2.05, 4.69) is 328 Å². The van der Waals surface area contributed by atoms with E-state index in [1.807, 2.05) is 55.2 Å². The number of pyridine rings is 3. The van der Waals surface area contributed by atoms with Gasteiger partial charge in [0.1, 0.15) is 5.82 Å². The third-order valence-corrected chi connectivity index (χ3v) is 17.4. The highest BCUT2D eigenvalue weighted by atomic mass is 15.1. The van der Waals surface area contributed by atoms with Crippen LogP contribution in [0.15, 0.2) is 322 Å². The molecule has 0 amide bonds. The number of para-hydroxylation sites is 4. The molecule has 0 aliphatic carbocycles. The Balaban J connectivity index is 0.000000105. The molecule has 0 fully saturated rings. The first-order chi connectivity index (χ1) is 45.3. The van der Waals surface area contributed by atoms with Gasteiger partial charge >= 0.3 is 0 Å². The van der Waals surface area contributed by atoms with Crippen LogP contribution in [-0.4, -0.2) is 33.2 Å². The summed E-state index contributed by atoms with van der Waals surface area (Å²) in [6, 6.07) is 103. The first-order valence-corrected chi connectivity index (χ1v) is 31.3. The van der Waals surface area contributed by atoms with Gasteiger partial charge < -0.3 is 13.7 Å². The summed E-state index contributed by atoms with van der Waals surface area (Å²) in [6.07, 6.45) is 9.38. The molecule has 0 aliphatic heterocycles. The molecule has 0 N–H and O–H groups in total. The number of aromatic nitrogens is 7. The Bertz CT molecular complexity index is 5560. The molecule has 92 heavy (non-hydrogen) atoms. The number of benzene rings is 11. The SMILES string of the molecule is Cc1cc(-c2ccccc2)cc(-c2ccccc2)c1.Cc1ccc2c(c1)c1cnccc1n2-c1ccccn1.Cc1ccc2c3cc4c5ccccc5n(-c5ccccc5)c4cc3n(-c3ccccc3)c2c1.Cc1cccc(-n2c3ccccc3c3cnccc32)c1. The molecule has 0 atom stereocenters. The van der Waals surface area contributed by atoms with Crippen LogP contribution in [0.25, 0.3) is 132 Å². The fourth-order valence-electron chi connectivity index (χ4n) is 13.3.